The lowest BCUT2D eigenvalue weighted by molar-refractivity contribution is 0.899. The van der Waals surface area contributed by atoms with Gasteiger partial charge in [0, 0.05) is 24.7 Å². The molecule has 0 saturated heterocycles. The Morgan fingerprint density at radius 3 is 2.76 bits per heavy atom. The van der Waals surface area contributed by atoms with Crippen LogP contribution in [0.15, 0.2) is 48.8 Å². The Morgan fingerprint density at radius 2 is 1.95 bits per heavy atom. The zero-order valence-corrected chi connectivity index (χ0v) is 12.2. The third-order valence-electron chi connectivity index (χ3n) is 3.50. The maximum absolute atomic E-state index is 5.82. The van der Waals surface area contributed by atoms with E-state index < -0.39 is 0 Å². The highest BCUT2D eigenvalue weighted by Gasteiger charge is 2.09. The minimum Gasteiger partial charge on any atom is -0.399 e. The Balaban J connectivity index is 1.96. The van der Waals surface area contributed by atoms with Gasteiger partial charge in [0.25, 0.3) is 0 Å². The number of aromatic nitrogens is 2. The van der Waals surface area contributed by atoms with E-state index in [9.17, 15) is 0 Å². The molecule has 0 aliphatic heterocycles. The lowest BCUT2D eigenvalue weighted by atomic mass is 10.1. The number of nitrogens with zero attached hydrogens (tertiary/aromatic N) is 3. The summed E-state index contributed by atoms with van der Waals surface area (Å²) in [5, 5.41) is 1.02. The van der Waals surface area contributed by atoms with Crippen molar-refractivity contribution in [2.45, 2.75) is 13.5 Å². The van der Waals surface area contributed by atoms with Crippen LogP contribution < -0.4 is 10.6 Å². The van der Waals surface area contributed by atoms with Gasteiger partial charge in [0.05, 0.1) is 5.52 Å². The first-order chi connectivity index (χ1) is 10.1. The molecule has 2 aromatic carbocycles. The molecule has 0 radical (unpaired) electrons. The van der Waals surface area contributed by atoms with Gasteiger partial charge in [-0.05, 0) is 30.7 Å². The molecule has 0 aliphatic carbocycles. The van der Waals surface area contributed by atoms with Gasteiger partial charge in [-0.1, -0.05) is 29.8 Å². The first-order valence-corrected chi connectivity index (χ1v) is 6.90. The Morgan fingerprint density at radius 1 is 1.10 bits per heavy atom. The third-order valence-corrected chi connectivity index (χ3v) is 3.50. The SMILES string of the molecule is Cc1cccc(CN(C)c2ncnc3cc(N)ccc23)c1. The van der Waals surface area contributed by atoms with Crippen LogP contribution in [0.2, 0.25) is 0 Å². The molecule has 0 saturated carbocycles. The number of aryl methyl sites for hydroxylation is 1. The van der Waals surface area contributed by atoms with E-state index in [0.717, 1.165) is 23.3 Å². The predicted octanol–water partition coefficient (Wildman–Crippen LogP) is 3.16. The molecule has 1 heterocycles. The van der Waals surface area contributed by atoms with E-state index in [-0.39, 0.29) is 0 Å². The second kappa shape index (κ2) is 5.40. The molecular formula is C17H18N4. The molecule has 3 rings (SSSR count). The zero-order valence-electron chi connectivity index (χ0n) is 12.2. The van der Waals surface area contributed by atoms with Crippen LogP contribution in [0.5, 0.6) is 0 Å². The van der Waals surface area contributed by atoms with Crippen LogP contribution in [-0.2, 0) is 6.54 Å². The van der Waals surface area contributed by atoms with E-state index in [0.29, 0.717) is 5.69 Å². The van der Waals surface area contributed by atoms with Crippen LogP contribution in [0.4, 0.5) is 11.5 Å². The van der Waals surface area contributed by atoms with Gasteiger partial charge >= 0.3 is 0 Å². The third kappa shape index (κ3) is 2.79. The lowest BCUT2D eigenvalue weighted by Crippen LogP contribution is -2.18. The van der Waals surface area contributed by atoms with Crippen LogP contribution in [0.3, 0.4) is 0 Å². The minimum absolute atomic E-state index is 0.716. The van der Waals surface area contributed by atoms with E-state index in [4.69, 9.17) is 5.73 Å². The van der Waals surface area contributed by atoms with Crippen molar-refractivity contribution in [3.05, 3.63) is 59.9 Å². The van der Waals surface area contributed by atoms with Gasteiger partial charge in [-0.25, -0.2) is 9.97 Å². The summed E-state index contributed by atoms with van der Waals surface area (Å²) in [5.74, 6) is 0.918. The van der Waals surface area contributed by atoms with E-state index >= 15 is 0 Å². The number of nitrogens with two attached hydrogens (primary N) is 1. The smallest absolute Gasteiger partial charge is 0.139 e. The summed E-state index contributed by atoms with van der Waals surface area (Å²) >= 11 is 0. The van der Waals surface area contributed by atoms with Gasteiger partial charge in [-0.2, -0.15) is 0 Å². The summed E-state index contributed by atoms with van der Waals surface area (Å²) in [6.45, 7) is 2.91. The van der Waals surface area contributed by atoms with Crippen molar-refractivity contribution in [2.75, 3.05) is 17.7 Å². The van der Waals surface area contributed by atoms with Crippen molar-refractivity contribution in [1.29, 1.82) is 0 Å². The minimum atomic E-state index is 0.716. The largest absolute Gasteiger partial charge is 0.399 e. The number of fused-ring (bicyclic) bond motifs is 1. The van der Waals surface area contributed by atoms with E-state index in [1.807, 2.05) is 25.2 Å². The van der Waals surface area contributed by atoms with Crippen LogP contribution in [0.1, 0.15) is 11.1 Å². The summed E-state index contributed by atoms with van der Waals surface area (Å²) in [5.41, 5.74) is 9.93. The maximum atomic E-state index is 5.82. The zero-order chi connectivity index (χ0) is 14.8. The van der Waals surface area contributed by atoms with Crippen LogP contribution >= 0.6 is 0 Å². The molecule has 0 fully saturated rings. The molecular weight excluding hydrogens is 260 g/mol. The first kappa shape index (κ1) is 13.4. The van der Waals surface area contributed by atoms with Gasteiger partial charge in [0.15, 0.2) is 0 Å². The van der Waals surface area contributed by atoms with E-state index in [1.165, 1.54) is 11.1 Å². The van der Waals surface area contributed by atoms with Gasteiger partial charge in [-0.15, -0.1) is 0 Å². The highest BCUT2D eigenvalue weighted by molar-refractivity contribution is 5.91. The Kier molecular flexibility index (Phi) is 3.44. The molecule has 0 spiro atoms. The number of anilines is 2. The van der Waals surface area contributed by atoms with Crippen molar-refractivity contribution in [3.8, 4) is 0 Å². The average molecular weight is 278 g/mol. The topological polar surface area (TPSA) is 55.0 Å². The maximum Gasteiger partial charge on any atom is 0.139 e. The molecule has 106 valence electrons. The lowest BCUT2D eigenvalue weighted by Gasteiger charge is -2.20. The fourth-order valence-corrected chi connectivity index (χ4v) is 2.52. The summed E-state index contributed by atoms with van der Waals surface area (Å²) in [6.07, 6.45) is 1.59. The van der Waals surface area contributed by atoms with Crippen molar-refractivity contribution in [3.63, 3.8) is 0 Å². The van der Waals surface area contributed by atoms with Crippen LogP contribution in [0.25, 0.3) is 10.9 Å². The predicted molar refractivity (Wildman–Crippen MR) is 87.2 cm³/mol. The van der Waals surface area contributed by atoms with E-state index in [1.54, 1.807) is 6.33 Å². The molecule has 2 N–H and O–H groups in total. The van der Waals surface area contributed by atoms with Crippen LogP contribution in [0, 0.1) is 6.92 Å². The number of benzene rings is 2. The van der Waals surface area contributed by atoms with Crippen molar-refractivity contribution in [2.24, 2.45) is 0 Å². The molecule has 0 amide bonds. The molecule has 0 atom stereocenters. The van der Waals surface area contributed by atoms with Gasteiger partial charge in [0.2, 0.25) is 0 Å². The number of nitrogen functional groups attached to an aromatic ring is 1. The summed E-state index contributed by atoms with van der Waals surface area (Å²) in [6, 6.07) is 14.2. The van der Waals surface area contributed by atoms with Gasteiger partial charge in [0.1, 0.15) is 12.1 Å². The Bertz CT molecular complexity index is 783. The summed E-state index contributed by atoms with van der Waals surface area (Å²) in [4.78, 5) is 10.9. The van der Waals surface area contributed by atoms with Crippen molar-refractivity contribution < 1.29 is 0 Å². The normalized spacial score (nSPS) is 10.8. The molecule has 0 unspecified atom stereocenters. The second-order valence-corrected chi connectivity index (χ2v) is 5.32. The highest BCUT2D eigenvalue weighted by atomic mass is 15.2. The summed E-state index contributed by atoms with van der Waals surface area (Å²) < 4.78 is 0. The molecule has 21 heavy (non-hydrogen) atoms. The second-order valence-electron chi connectivity index (χ2n) is 5.32. The van der Waals surface area contributed by atoms with Crippen molar-refractivity contribution in [1.82, 2.24) is 9.97 Å². The molecule has 1 aromatic heterocycles. The number of hydrogen-bond donors (Lipinski definition) is 1. The molecule has 0 bridgehead atoms. The number of hydrogen-bond acceptors (Lipinski definition) is 4. The quantitative estimate of drug-likeness (QED) is 0.748. The van der Waals surface area contributed by atoms with Crippen molar-refractivity contribution >= 4 is 22.4 Å². The van der Waals surface area contributed by atoms with Crippen LogP contribution in [-0.4, -0.2) is 17.0 Å². The fourth-order valence-electron chi connectivity index (χ4n) is 2.52. The van der Waals surface area contributed by atoms with Gasteiger partial charge < -0.3 is 10.6 Å². The van der Waals surface area contributed by atoms with Gasteiger partial charge in [-0.3, -0.25) is 0 Å². The fraction of sp³-hybridized carbons (Fsp3) is 0.176. The monoisotopic (exact) mass is 278 g/mol. The molecule has 0 aliphatic rings. The first-order valence-electron chi connectivity index (χ1n) is 6.90. The Labute approximate surface area is 124 Å². The molecule has 4 heteroatoms. The number of rotatable bonds is 3. The van der Waals surface area contributed by atoms with E-state index in [2.05, 4.69) is 46.1 Å². The molecule has 4 nitrogen and oxygen atoms in total. The summed E-state index contributed by atoms with van der Waals surface area (Å²) in [7, 11) is 2.04. The average Bonchev–Trinajstić information content (AvgIpc) is 2.46. The Hall–Kier alpha value is -2.62. The molecule has 3 aromatic rings. The standard InChI is InChI=1S/C17H18N4/c1-12-4-3-5-13(8-12)10-21(2)17-15-7-6-14(18)9-16(15)19-11-20-17/h3-9,11H,10,18H2,1-2H3. The highest BCUT2D eigenvalue weighted by Crippen LogP contribution is 2.24.